The highest BCUT2D eigenvalue weighted by Crippen LogP contribution is 2.19. The van der Waals surface area contributed by atoms with E-state index in [1.165, 1.54) is 0 Å². The molecule has 2 nitrogen and oxygen atoms in total. The highest BCUT2D eigenvalue weighted by molar-refractivity contribution is 7.98. The molecule has 3 heteroatoms. The standard InChI is InChI=1S/C12H17NOS/c1-4-9(2)12(14)13-10-6-5-7-11(8-10)15-3/h5-9H,4H2,1-3H3,(H,13,14)/t9-/m1/s1. The molecule has 1 N–H and O–H groups in total. The maximum Gasteiger partial charge on any atom is 0.227 e. The Morgan fingerprint density at radius 3 is 2.87 bits per heavy atom. The van der Waals surface area contributed by atoms with Crippen LogP contribution in [0.3, 0.4) is 0 Å². The van der Waals surface area contributed by atoms with E-state index in [0.29, 0.717) is 0 Å². The van der Waals surface area contributed by atoms with Gasteiger partial charge in [0.25, 0.3) is 0 Å². The number of carbonyl (C=O) groups excluding carboxylic acids is 1. The third-order valence-electron chi connectivity index (χ3n) is 2.40. The Kier molecular flexibility index (Phi) is 4.69. The molecular weight excluding hydrogens is 206 g/mol. The van der Waals surface area contributed by atoms with Gasteiger partial charge >= 0.3 is 0 Å². The lowest BCUT2D eigenvalue weighted by molar-refractivity contribution is -0.119. The van der Waals surface area contributed by atoms with Gasteiger partial charge in [-0.3, -0.25) is 4.79 Å². The molecule has 0 radical (unpaired) electrons. The van der Waals surface area contributed by atoms with Gasteiger partial charge in [-0.1, -0.05) is 19.9 Å². The second-order valence-corrected chi connectivity index (χ2v) is 4.41. The van der Waals surface area contributed by atoms with Gasteiger partial charge in [0.1, 0.15) is 0 Å². The van der Waals surface area contributed by atoms with Gasteiger partial charge in [-0.25, -0.2) is 0 Å². The fourth-order valence-electron chi connectivity index (χ4n) is 1.15. The van der Waals surface area contributed by atoms with Crippen molar-refractivity contribution in [3.8, 4) is 0 Å². The van der Waals surface area contributed by atoms with E-state index in [0.717, 1.165) is 17.0 Å². The summed E-state index contributed by atoms with van der Waals surface area (Å²) in [6.07, 6.45) is 2.89. The summed E-state index contributed by atoms with van der Waals surface area (Å²) in [5, 5.41) is 2.92. The van der Waals surface area contributed by atoms with Crippen LogP contribution in [0.2, 0.25) is 0 Å². The quantitative estimate of drug-likeness (QED) is 0.793. The van der Waals surface area contributed by atoms with Crippen molar-refractivity contribution in [1.29, 1.82) is 0 Å². The molecule has 1 aromatic rings. The zero-order chi connectivity index (χ0) is 11.3. The minimum absolute atomic E-state index is 0.0722. The van der Waals surface area contributed by atoms with Crippen LogP contribution in [0.25, 0.3) is 0 Å². The third-order valence-corrected chi connectivity index (χ3v) is 3.12. The smallest absolute Gasteiger partial charge is 0.227 e. The van der Waals surface area contributed by atoms with Crippen molar-refractivity contribution >= 4 is 23.4 Å². The van der Waals surface area contributed by atoms with Gasteiger partial charge in [0.05, 0.1) is 0 Å². The van der Waals surface area contributed by atoms with E-state index in [-0.39, 0.29) is 11.8 Å². The normalized spacial score (nSPS) is 12.2. The average Bonchev–Trinajstić information content (AvgIpc) is 2.28. The molecule has 1 atom stereocenters. The average molecular weight is 223 g/mol. The number of hydrogen-bond donors (Lipinski definition) is 1. The molecular formula is C12H17NOS. The second-order valence-electron chi connectivity index (χ2n) is 3.53. The van der Waals surface area contributed by atoms with Crippen LogP contribution in [0, 0.1) is 5.92 Å². The van der Waals surface area contributed by atoms with Crippen LogP contribution < -0.4 is 5.32 Å². The van der Waals surface area contributed by atoms with E-state index in [1.807, 2.05) is 44.4 Å². The Balaban J connectivity index is 2.68. The molecule has 1 amide bonds. The minimum Gasteiger partial charge on any atom is -0.326 e. The molecule has 15 heavy (non-hydrogen) atoms. The number of rotatable bonds is 4. The largest absolute Gasteiger partial charge is 0.326 e. The molecule has 0 aliphatic rings. The fraction of sp³-hybridized carbons (Fsp3) is 0.417. The van der Waals surface area contributed by atoms with Crippen LogP contribution in [0.5, 0.6) is 0 Å². The summed E-state index contributed by atoms with van der Waals surface area (Å²) >= 11 is 1.67. The summed E-state index contributed by atoms with van der Waals surface area (Å²) in [6, 6.07) is 7.90. The Morgan fingerprint density at radius 2 is 2.27 bits per heavy atom. The SMILES string of the molecule is CC[C@@H](C)C(=O)Nc1cccc(SC)c1. The monoisotopic (exact) mass is 223 g/mol. The number of amides is 1. The van der Waals surface area contributed by atoms with E-state index in [4.69, 9.17) is 0 Å². The first kappa shape index (κ1) is 12.1. The number of nitrogens with one attached hydrogen (secondary N) is 1. The van der Waals surface area contributed by atoms with E-state index < -0.39 is 0 Å². The van der Waals surface area contributed by atoms with Crippen molar-refractivity contribution in [1.82, 2.24) is 0 Å². The summed E-state index contributed by atoms with van der Waals surface area (Å²) in [5.74, 6) is 0.165. The summed E-state index contributed by atoms with van der Waals surface area (Å²) < 4.78 is 0. The maximum atomic E-state index is 11.6. The topological polar surface area (TPSA) is 29.1 Å². The van der Waals surface area contributed by atoms with E-state index in [1.54, 1.807) is 11.8 Å². The minimum atomic E-state index is 0.0722. The fourth-order valence-corrected chi connectivity index (χ4v) is 1.61. The zero-order valence-electron chi connectivity index (χ0n) is 9.41. The van der Waals surface area contributed by atoms with Crippen LogP contribution >= 0.6 is 11.8 Å². The second kappa shape index (κ2) is 5.81. The Labute approximate surface area is 95.5 Å². The molecule has 0 saturated heterocycles. The lowest BCUT2D eigenvalue weighted by Crippen LogP contribution is -2.19. The molecule has 0 fully saturated rings. The van der Waals surface area contributed by atoms with Gasteiger partial charge in [-0.15, -0.1) is 11.8 Å². The van der Waals surface area contributed by atoms with Gasteiger partial charge < -0.3 is 5.32 Å². The number of benzene rings is 1. The summed E-state index contributed by atoms with van der Waals surface area (Å²) in [6.45, 7) is 3.95. The number of anilines is 1. The number of hydrogen-bond acceptors (Lipinski definition) is 2. The first-order valence-electron chi connectivity index (χ1n) is 5.12. The predicted octanol–water partition coefficient (Wildman–Crippen LogP) is 3.39. The summed E-state index contributed by atoms with van der Waals surface area (Å²) in [7, 11) is 0. The molecule has 0 aliphatic heterocycles. The molecule has 0 spiro atoms. The predicted molar refractivity (Wildman–Crippen MR) is 66.3 cm³/mol. The summed E-state index contributed by atoms with van der Waals surface area (Å²) in [5.41, 5.74) is 0.882. The molecule has 1 aromatic carbocycles. The van der Waals surface area contributed by atoms with E-state index in [2.05, 4.69) is 5.32 Å². The molecule has 1 rings (SSSR count). The van der Waals surface area contributed by atoms with Gasteiger partial charge in [-0.05, 0) is 30.9 Å². The van der Waals surface area contributed by atoms with Gasteiger partial charge in [0.15, 0.2) is 0 Å². The van der Waals surface area contributed by atoms with Crippen LogP contribution in [-0.2, 0) is 4.79 Å². The molecule has 0 saturated carbocycles. The van der Waals surface area contributed by atoms with Gasteiger partial charge in [0, 0.05) is 16.5 Å². The molecule has 0 aliphatic carbocycles. The van der Waals surface area contributed by atoms with E-state index in [9.17, 15) is 4.79 Å². The molecule has 0 unspecified atom stereocenters. The Hall–Kier alpha value is -0.960. The molecule has 0 aromatic heterocycles. The van der Waals surface area contributed by atoms with Crippen LogP contribution in [-0.4, -0.2) is 12.2 Å². The van der Waals surface area contributed by atoms with E-state index >= 15 is 0 Å². The van der Waals surface area contributed by atoms with Crippen LogP contribution in [0.4, 0.5) is 5.69 Å². The Morgan fingerprint density at radius 1 is 1.53 bits per heavy atom. The van der Waals surface area contributed by atoms with Crippen molar-refractivity contribution in [3.05, 3.63) is 24.3 Å². The molecule has 0 bridgehead atoms. The lowest BCUT2D eigenvalue weighted by atomic mass is 10.1. The van der Waals surface area contributed by atoms with Crippen LogP contribution in [0.1, 0.15) is 20.3 Å². The van der Waals surface area contributed by atoms with Crippen molar-refractivity contribution in [3.63, 3.8) is 0 Å². The number of carbonyl (C=O) groups is 1. The van der Waals surface area contributed by atoms with Crippen LogP contribution in [0.15, 0.2) is 29.2 Å². The van der Waals surface area contributed by atoms with Crippen molar-refractivity contribution in [2.75, 3.05) is 11.6 Å². The first-order chi connectivity index (χ1) is 7.17. The van der Waals surface area contributed by atoms with Gasteiger partial charge in [0.2, 0.25) is 5.91 Å². The van der Waals surface area contributed by atoms with Crippen molar-refractivity contribution in [2.45, 2.75) is 25.2 Å². The molecule has 0 heterocycles. The molecule has 82 valence electrons. The third kappa shape index (κ3) is 3.59. The highest BCUT2D eigenvalue weighted by Gasteiger charge is 2.10. The van der Waals surface area contributed by atoms with Crippen molar-refractivity contribution in [2.24, 2.45) is 5.92 Å². The highest BCUT2D eigenvalue weighted by atomic mass is 32.2. The lowest BCUT2D eigenvalue weighted by Gasteiger charge is -2.10. The zero-order valence-corrected chi connectivity index (χ0v) is 10.2. The first-order valence-corrected chi connectivity index (χ1v) is 6.34. The maximum absolute atomic E-state index is 11.6. The van der Waals surface area contributed by atoms with Crippen molar-refractivity contribution < 1.29 is 4.79 Å². The Bertz CT molecular complexity index is 338. The summed E-state index contributed by atoms with van der Waals surface area (Å²) in [4.78, 5) is 12.8. The van der Waals surface area contributed by atoms with Gasteiger partial charge in [-0.2, -0.15) is 0 Å². The number of thioether (sulfide) groups is 1.